The molecule has 0 aromatic rings. The number of hydrogen-bond acceptors (Lipinski definition) is 3. The van der Waals surface area contributed by atoms with Crippen LogP contribution in [-0.4, -0.2) is 18.8 Å². The van der Waals surface area contributed by atoms with E-state index in [1.54, 1.807) is 0 Å². The van der Waals surface area contributed by atoms with Crippen LogP contribution in [0.15, 0.2) is 0 Å². The second-order valence-electron chi connectivity index (χ2n) is 1.06. The van der Waals surface area contributed by atoms with Gasteiger partial charge in [-0.2, -0.15) is 9.78 Å². The number of hydrogen-bond donors (Lipinski definition) is 1. The van der Waals surface area contributed by atoms with Crippen molar-refractivity contribution < 1.29 is 14.9 Å². The third kappa shape index (κ3) is 0.610. The molecular formula is CH3BO3. The van der Waals surface area contributed by atoms with Crippen molar-refractivity contribution in [2.24, 2.45) is 0 Å². The van der Waals surface area contributed by atoms with Crippen molar-refractivity contribution in [2.45, 2.75) is 5.87 Å². The van der Waals surface area contributed by atoms with Crippen molar-refractivity contribution >= 4 is 7.85 Å². The summed E-state index contributed by atoms with van der Waals surface area (Å²) in [6.45, 7) is 0. The van der Waals surface area contributed by atoms with Crippen molar-refractivity contribution in [1.29, 1.82) is 0 Å². The van der Waals surface area contributed by atoms with Gasteiger partial charge in [-0.1, -0.05) is 0 Å². The van der Waals surface area contributed by atoms with Gasteiger partial charge in [0.25, 0.3) is 5.87 Å². The molecule has 0 bridgehead atoms. The highest BCUT2D eigenvalue weighted by Crippen LogP contribution is 2.19. The second kappa shape index (κ2) is 0.542. The minimum atomic E-state index is -1.25. The summed E-state index contributed by atoms with van der Waals surface area (Å²) >= 11 is 0. The zero-order valence-electron chi connectivity index (χ0n) is 2.76. The van der Waals surface area contributed by atoms with Crippen molar-refractivity contribution in [3.8, 4) is 0 Å². The summed E-state index contributed by atoms with van der Waals surface area (Å²) in [6, 6.07) is 0. The van der Waals surface area contributed by atoms with Crippen LogP contribution in [0.2, 0.25) is 0 Å². The first-order valence-electron chi connectivity index (χ1n) is 1.30. The van der Waals surface area contributed by atoms with E-state index in [9.17, 15) is 0 Å². The fraction of sp³-hybridized carbons (Fsp3) is 1.00. The molecule has 1 N–H and O–H groups in total. The number of aliphatic hydroxyl groups is 1. The molecule has 1 aliphatic heterocycles. The first kappa shape index (κ1) is 3.15. The lowest BCUT2D eigenvalue weighted by molar-refractivity contribution is 0.0850. The summed E-state index contributed by atoms with van der Waals surface area (Å²) in [4.78, 5) is 7.90. The Bertz CT molecular complexity index is 44.9. The molecule has 0 saturated carbocycles. The Balaban J connectivity index is 2.38. The largest absolute Gasteiger partial charge is 0.348 e. The lowest BCUT2D eigenvalue weighted by atomic mass is 10.1. The molecule has 0 aromatic carbocycles. The second-order valence-corrected chi connectivity index (χ2v) is 1.06. The third-order valence-electron chi connectivity index (χ3n) is 0.325. The summed E-state index contributed by atoms with van der Waals surface area (Å²) in [7, 11) is 1.41. The van der Waals surface area contributed by atoms with E-state index in [0.717, 1.165) is 0 Å². The van der Waals surface area contributed by atoms with Crippen molar-refractivity contribution in [3.63, 3.8) is 0 Å². The van der Waals surface area contributed by atoms with E-state index in [1.165, 1.54) is 7.85 Å². The molecule has 3 nitrogen and oxygen atoms in total. The van der Waals surface area contributed by atoms with Crippen molar-refractivity contribution in [1.82, 2.24) is 0 Å². The summed E-state index contributed by atoms with van der Waals surface area (Å²) in [5.41, 5.74) is 0. The Hall–Kier alpha value is -0.0551. The quantitative estimate of drug-likeness (QED) is 0.209. The highest BCUT2D eigenvalue weighted by atomic mass is 17.4. The van der Waals surface area contributed by atoms with Crippen LogP contribution in [0.5, 0.6) is 0 Å². The van der Waals surface area contributed by atoms with E-state index in [0.29, 0.717) is 0 Å². The smallest absolute Gasteiger partial charge is 0.287 e. The molecule has 0 spiro atoms. The maximum atomic E-state index is 8.19. The molecule has 5 heavy (non-hydrogen) atoms. The number of rotatable bonds is 0. The molecule has 4 heteroatoms. The normalized spacial score (nSPS) is 29.8. The van der Waals surface area contributed by atoms with E-state index < -0.39 is 5.87 Å². The molecular weight excluding hydrogens is 70.8 g/mol. The Morgan fingerprint density at radius 1 is 1.60 bits per heavy atom. The van der Waals surface area contributed by atoms with Crippen LogP contribution >= 0.6 is 0 Å². The maximum Gasteiger partial charge on any atom is 0.287 e. The van der Waals surface area contributed by atoms with Crippen LogP contribution in [0, 0.1) is 0 Å². The average molecular weight is 73.8 g/mol. The van der Waals surface area contributed by atoms with E-state index >= 15 is 0 Å². The van der Waals surface area contributed by atoms with Gasteiger partial charge >= 0.3 is 0 Å². The molecule has 0 radical (unpaired) electrons. The summed E-state index contributed by atoms with van der Waals surface area (Å²) in [5, 5.41) is 8.19. The summed E-state index contributed by atoms with van der Waals surface area (Å²) < 4.78 is 0. The van der Waals surface area contributed by atoms with Gasteiger partial charge in [0.2, 0.25) is 7.85 Å². The third-order valence-corrected chi connectivity index (χ3v) is 0.325. The molecule has 0 unspecified atom stereocenters. The van der Waals surface area contributed by atoms with Crippen LogP contribution in [0.3, 0.4) is 0 Å². The van der Waals surface area contributed by atoms with Gasteiger partial charge in [0, 0.05) is 0 Å². The molecule has 0 atom stereocenters. The first-order chi connectivity index (χ1) is 2.21. The first-order valence-corrected chi connectivity index (χ1v) is 1.30. The van der Waals surface area contributed by atoms with Crippen LogP contribution < -0.4 is 0 Å². The Kier molecular flexibility index (Phi) is 0.341. The molecule has 1 fully saturated rings. The minimum absolute atomic E-state index is 1.25. The monoisotopic (exact) mass is 74.0 g/mol. The zero-order valence-corrected chi connectivity index (χ0v) is 2.76. The lowest BCUT2D eigenvalue weighted by Crippen LogP contribution is -2.05. The molecule has 0 aliphatic carbocycles. The van der Waals surface area contributed by atoms with Gasteiger partial charge in [0.15, 0.2) is 0 Å². The maximum absolute atomic E-state index is 8.19. The van der Waals surface area contributed by atoms with Crippen molar-refractivity contribution in [2.75, 3.05) is 0 Å². The van der Waals surface area contributed by atoms with Gasteiger partial charge in [-0.25, -0.2) is 0 Å². The fourth-order valence-electron chi connectivity index (χ4n) is 0.0603. The van der Waals surface area contributed by atoms with Gasteiger partial charge in [0.05, 0.1) is 0 Å². The molecule has 1 aliphatic rings. The van der Waals surface area contributed by atoms with Crippen LogP contribution in [0.4, 0.5) is 0 Å². The van der Waals surface area contributed by atoms with Gasteiger partial charge < -0.3 is 5.11 Å². The van der Waals surface area contributed by atoms with Gasteiger partial charge in [-0.15, -0.1) is 0 Å². The van der Waals surface area contributed by atoms with Crippen molar-refractivity contribution in [3.05, 3.63) is 0 Å². The van der Waals surface area contributed by atoms with E-state index in [1.807, 2.05) is 0 Å². The Morgan fingerprint density at radius 3 is 1.80 bits per heavy atom. The highest BCUT2D eigenvalue weighted by Gasteiger charge is 2.39. The van der Waals surface area contributed by atoms with E-state index in [2.05, 4.69) is 9.78 Å². The molecule has 1 saturated heterocycles. The average Bonchev–Trinajstić information content (AvgIpc) is 1.76. The van der Waals surface area contributed by atoms with Gasteiger partial charge in [-0.3, -0.25) is 0 Å². The molecule has 0 amide bonds. The Labute approximate surface area is 29.8 Å². The fourth-order valence-corrected chi connectivity index (χ4v) is 0.0603. The van der Waals surface area contributed by atoms with Crippen LogP contribution in [0.25, 0.3) is 0 Å². The topological polar surface area (TPSA) is 45.3 Å². The summed E-state index contributed by atoms with van der Waals surface area (Å²) in [6.07, 6.45) is 0. The predicted octanol–water partition coefficient (Wildman–Crippen LogP) is -1.82. The van der Waals surface area contributed by atoms with E-state index in [4.69, 9.17) is 5.11 Å². The minimum Gasteiger partial charge on any atom is -0.348 e. The SMILES string of the molecule is BC1(O)OO1. The highest BCUT2D eigenvalue weighted by molar-refractivity contribution is 6.12. The molecule has 28 valence electrons. The predicted molar refractivity (Wildman–Crippen MR) is 15.7 cm³/mol. The van der Waals surface area contributed by atoms with E-state index in [-0.39, 0.29) is 0 Å². The van der Waals surface area contributed by atoms with Crippen LogP contribution in [-0.2, 0) is 9.78 Å². The zero-order chi connectivity index (χ0) is 3.91. The van der Waals surface area contributed by atoms with Crippen LogP contribution in [0.1, 0.15) is 0 Å². The summed E-state index contributed by atoms with van der Waals surface area (Å²) in [5.74, 6) is -1.25. The lowest BCUT2D eigenvalue weighted by Gasteiger charge is -1.73. The Morgan fingerprint density at radius 2 is 1.80 bits per heavy atom. The standard InChI is InChI=1S/CH3BO3/c2-1(3)4-5-1/h3H,2H2. The molecule has 0 aromatic heterocycles. The molecule has 1 heterocycles. The molecule has 1 rings (SSSR count). The van der Waals surface area contributed by atoms with Gasteiger partial charge in [0.1, 0.15) is 0 Å². The van der Waals surface area contributed by atoms with Gasteiger partial charge in [-0.05, 0) is 0 Å².